The molecule has 0 saturated heterocycles. The number of amides is 2. The Balaban J connectivity index is 1.37. The highest BCUT2D eigenvalue weighted by Crippen LogP contribution is 2.50. The normalized spacial score (nSPS) is 13.8. The lowest BCUT2D eigenvalue weighted by Gasteiger charge is -2.19. The molecule has 46 heavy (non-hydrogen) atoms. The van der Waals surface area contributed by atoms with Gasteiger partial charge in [0.2, 0.25) is 23.0 Å². The minimum atomic E-state index is -0.389. The molecular weight excluding hydrogens is 584 g/mol. The number of aromatic nitrogens is 1. The molecule has 5 rings (SSSR count). The molecule has 0 unspecified atom stereocenters. The molecule has 3 aromatic carbocycles. The summed E-state index contributed by atoms with van der Waals surface area (Å²) in [6.07, 6.45) is 4.04. The number of hydrogen-bond acceptors (Lipinski definition) is 7. The minimum absolute atomic E-state index is 0.0921. The van der Waals surface area contributed by atoms with Crippen LogP contribution in [0.2, 0.25) is 0 Å². The van der Waals surface area contributed by atoms with Crippen LogP contribution in [-0.2, 0) is 16.0 Å². The number of carbonyl (C=O) groups is 2. The number of hydrogen-bond donors (Lipinski definition) is 3. The fourth-order valence-electron chi connectivity index (χ4n) is 6.29. The quantitative estimate of drug-likeness (QED) is 0.169. The fourth-order valence-corrected chi connectivity index (χ4v) is 6.29. The molecule has 3 N–H and O–H groups in total. The summed E-state index contributed by atoms with van der Waals surface area (Å²) in [6, 6.07) is 15.0. The Labute approximate surface area is 269 Å². The van der Waals surface area contributed by atoms with Gasteiger partial charge in [-0.25, -0.2) is 0 Å². The predicted molar refractivity (Wildman–Crippen MR) is 181 cm³/mol. The van der Waals surface area contributed by atoms with E-state index in [2.05, 4.69) is 40.4 Å². The lowest BCUT2D eigenvalue weighted by Crippen LogP contribution is -2.26. The van der Waals surface area contributed by atoms with Crippen molar-refractivity contribution in [3.8, 4) is 28.4 Å². The van der Waals surface area contributed by atoms with E-state index >= 15 is 0 Å². The van der Waals surface area contributed by atoms with Gasteiger partial charge in [-0.3, -0.25) is 14.4 Å². The number of aryl methyl sites for hydroxylation is 1. The molecule has 4 aromatic rings. The second-order valence-corrected chi connectivity index (χ2v) is 11.7. The van der Waals surface area contributed by atoms with Gasteiger partial charge in [-0.15, -0.1) is 0 Å². The zero-order valence-corrected chi connectivity index (χ0v) is 27.3. The molecule has 2 amide bonds. The second kappa shape index (κ2) is 14.0. The molecule has 242 valence electrons. The maximum Gasteiger partial charge on any atom is 0.224 e. The summed E-state index contributed by atoms with van der Waals surface area (Å²) in [4.78, 5) is 38.6. The Morgan fingerprint density at radius 2 is 1.76 bits per heavy atom. The van der Waals surface area contributed by atoms with Crippen LogP contribution in [-0.4, -0.2) is 44.3 Å². The number of anilines is 2. The van der Waals surface area contributed by atoms with Crippen molar-refractivity contribution < 1.29 is 23.8 Å². The van der Waals surface area contributed by atoms with Crippen molar-refractivity contribution in [1.82, 2.24) is 9.88 Å². The molecular formula is C36H42N4O6. The van der Waals surface area contributed by atoms with Crippen LogP contribution in [0.15, 0.2) is 59.5 Å². The van der Waals surface area contributed by atoms with Crippen LogP contribution in [0.3, 0.4) is 0 Å². The summed E-state index contributed by atoms with van der Waals surface area (Å²) < 4.78 is 19.3. The number of rotatable bonds is 11. The third kappa shape index (κ3) is 6.51. The first-order chi connectivity index (χ1) is 22.2. The number of ether oxygens (including phenoxy) is 3. The molecule has 1 heterocycles. The molecule has 1 aliphatic carbocycles. The molecule has 1 aromatic heterocycles. The van der Waals surface area contributed by atoms with Gasteiger partial charge >= 0.3 is 0 Å². The van der Waals surface area contributed by atoms with Crippen molar-refractivity contribution >= 4 is 34.1 Å². The van der Waals surface area contributed by atoms with Crippen molar-refractivity contribution in [2.24, 2.45) is 0 Å². The van der Waals surface area contributed by atoms with Crippen LogP contribution < -0.4 is 35.6 Å². The number of methoxy groups -OCH3 is 3. The minimum Gasteiger partial charge on any atom is -0.493 e. The van der Waals surface area contributed by atoms with Gasteiger partial charge in [0.05, 0.1) is 44.3 Å². The molecule has 1 atom stereocenters. The number of carbonyl (C=O) groups excluding carboxylic acids is 2. The Kier molecular flexibility index (Phi) is 9.84. The van der Waals surface area contributed by atoms with Gasteiger partial charge in [-0.2, -0.15) is 0 Å². The topological polar surface area (TPSA) is 120 Å². The standard InChI is InChI=1S/C36H42N4O6/c1-21(2)40-18-16-25-27(9-7-10-30(25)40)39-33(43)11-8-17-37-29-15-13-24-26(20-31(29)42)28(38-22(3)41)14-12-23-19-32(44-4)35(45-5)36(46-6)34(23)24/h7,9-10,13,15-16,18-21,28H,8,11-12,14,17H2,1-6H3,(H,37,42)(H,38,41)(H,39,43)/t28-/m0/s1. The van der Waals surface area contributed by atoms with Crippen LogP contribution >= 0.6 is 0 Å². The van der Waals surface area contributed by atoms with Crippen LogP contribution in [0.25, 0.3) is 22.0 Å². The maximum absolute atomic E-state index is 13.5. The van der Waals surface area contributed by atoms with Crippen molar-refractivity contribution in [2.45, 2.75) is 58.5 Å². The van der Waals surface area contributed by atoms with Crippen LogP contribution in [0, 0.1) is 0 Å². The molecule has 0 saturated carbocycles. The Bertz CT molecular complexity index is 1830. The lowest BCUT2D eigenvalue weighted by atomic mass is 9.95. The summed E-state index contributed by atoms with van der Waals surface area (Å²) in [5, 5.41) is 10.3. The summed E-state index contributed by atoms with van der Waals surface area (Å²) >= 11 is 0. The summed E-state index contributed by atoms with van der Waals surface area (Å²) in [5.74, 6) is 1.21. The van der Waals surface area contributed by atoms with Crippen molar-refractivity contribution in [3.63, 3.8) is 0 Å². The first-order valence-electron chi connectivity index (χ1n) is 15.6. The molecule has 0 bridgehead atoms. The number of nitrogens with one attached hydrogen (secondary N) is 3. The highest BCUT2D eigenvalue weighted by atomic mass is 16.5. The highest BCUT2D eigenvalue weighted by Gasteiger charge is 2.29. The number of fused-ring (bicyclic) bond motifs is 4. The predicted octanol–water partition coefficient (Wildman–Crippen LogP) is 6.23. The molecule has 0 spiro atoms. The van der Waals surface area contributed by atoms with Gasteiger partial charge in [0.1, 0.15) is 0 Å². The molecule has 0 aliphatic heterocycles. The molecule has 0 radical (unpaired) electrons. The number of benzene rings is 2. The highest BCUT2D eigenvalue weighted by molar-refractivity contribution is 6.01. The zero-order chi connectivity index (χ0) is 33.0. The first-order valence-corrected chi connectivity index (χ1v) is 15.6. The fraction of sp³-hybridized carbons (Fsp3) is 0.361. The van der Waals surface area contributed by atoms with E-state index in [1.54, 1.807) is 33.5 Å². The Morgan fingerprint density at radius 1 is 0.978 bits per heavy atom. The van der Waals surface area contributed by atoms with Gasteiger partial charge < -0.3 is 34.7 Å². The van der Waals surface area contributed by atoms with E-state index in [9.17, 15) is 14.4 Å². The average Bonchev–Trinajstić information content (AvgIpc) is 3.35. The van der Waals surface area contributed by atoms with Crippen molar-refractivity contribution in [1.29, 1.82) is 0 Å². The smallest absolute Gasteiger partial charge is 0.224 e. The number of nitrogens with zero attached hydrogens (tertiary/aromatic N) is 1. The van der Waals surface area contributed by atoms with Gasteiger partial charge in [0.15, 0.2) is 11.5 Å². The monoisotopic (exact) mass is 626 g/mol. The zero-order valence-electron chi connectivity index (χ0n) is 27.3. The van der Waals surface area contributed by atoms with E-state index < -0.39 is 0 Å². The molecule has 10 nitrogen and oxygen atoms in total. The summed E-state index contributed by atoms with van der Waals surface area (Å²) in [5.41, 5.74) is 5.24. The van der Waals surface area contributed by atoms with Crippen LogP contribution in [0.1, 0.15) is 63.2 Å². The lowest BCUT2D eigenvalue weighted by molar-refractivity contribution is -0.119. The Hall–Kier alpha value is -4.99. The van der Waals surface area contributed by atoms with E-state index in [-0.39, 0.29) is 29.7 Å². The average molecular weight is 627 g/mol. The van der Waals surface area contributed by atoms with Crippen molar-refractivity contribution in [2.75, 3.05) is 38.5 Å². The third-order valence-electron chi connectivity index (χ3n) is 8.41. The van der Waals surface area contributed by atoms with Crippen molar-refractivity contribution in [3.05, 3.63) is 76.1 Å². The van der Waals surface area contributed by atoms with Gasteiger partial charge in [-0.05, 0) is 86.2 Å². The van der Waals surface area contributed by atoms with E-state index in [4.69, 9.17) is 14.2 Å². The second-order valence-electron chi connectivity index (χ2n) is 11.7. The van der Waals surface area contributed by atoms with E-state index in [1.165, 1.54) is 6.92 Å². The third-order valence-corrected chi connectivity index (χ3v) is 8.41. The van der Waals surface area contributed by atoms with E-state index in [0.717, 1.165) is 33.3 Å². The molecule has 0 fully saturated rings. The first kappa shape index (κ1) is 32.4. The van der Waals surface area contributed by atoms with Crippen LogP contribution in [0.4, 0.5) is 11.4 Å². The summed E-state index contributed by atoms with van der Waals surface area (Å²) in [7, 11) is 4.70. The molecule has 10 heteroatoms. The largest absolute Gasteiger partial charge is 0.493 e. The van der Waals surface area contributed by atoms with Gasteiger partial charge in [0.25, 0.3) is 0 Å². The van der Waals surface area contributed by atoms with Gasteiger partial charge in [0, 0.05) is 43.1 Å². The van der Waals surface area contributed by atoms with Crippen LogP contribution in [0.5, 0.6) is 17.2 Å². The molecule has 1 aliphatic rings. The Morgan fingerprint density at radius 3 is 2.46 bits per heavy atom. The summed E-state index contributed by atoms with van der Waals surface area (Å²) in [6.45, 7) is 6.14. The maximum atomic E-state index is 13.5. The SMILES string of the molecule is COc1cc2c(c(OC)c1OC)-c1ccc(NCCCC(=O)Nc3cccc4c3ccn4C(C)C)c(=O)cc1[C@@H](NC(C)=O)CC2. The van der Waals surface area contributed by atoms with E-state index in [1.807, 2.05) is 36.5 Å². The van der Waals surface area contributed by atoms with Gasteiger partial charge in [-0.1, -0.05) is 12.1 Å². The van der Waals surface area contributed by atoms with E-state index in [0.29, 0.717) is 60.3 Å².